The molecule has 0 saturated heterocycles. The van der Waals surface area contributed by atoms with Gasteiger partial charge in [-0.25, -0.2) is 0 Å². The van der Waals surface area contributed by atoms with E-state index in [9.17, 15) is 10.1 Å². The van der Waals surface area contributed by atoms with Gasteiger partial charge in [0.25, 0.3) is 0 Å². The zero-order valence-corrected chi connectivity index (χ0v) is 14.6. The van der Waals surface area contributed by atoms with Crippen LogP contribution in [0.15, 0.2) is 11.5 Å². The summed E-state index contributed by atoms with van der Waals surface area (Å²) in [5.41, 5.74) is -0.841. The lowest BCUT2D eigenvalue weighted by Gasteiger charge is -2.27. The van der Waals surface area contributed by atoms with E-state index in [1.807, 2.05) is 18.4 Å². The molecule has 1 N–H and O–H groups in total. The number of hydrogen-bond donors (Lipinski definition) is 1. The number of rotatable bonds is 9. The molecule has 1 aromatic rings. The van der Waals surface area contributed by atoms with Crippen molar-refractivity contribution in [2.45, 2.75) is 64.2 Å². The van der Waals surface area contributed by atoms with Crippen molar-refractivity contribution in [3.63, 3.8) is 0 Å². The topological polar surface area (TPSA) is 83.6 Å². The minimum absolute atomic E-state index is 0.0455. The lowest BCUT2D eigenvalue weighted by atomic mass is 9.90. The summed E-state index contributed by atoms with van der Waals surface area (Å²) >= 11 is 1.35. The van der Waals surface area contributed by atoms with E-state index in [0.29, 0.717) is 0 Å². The number of thioether (sulfide) groups is 1. The Morgan fingerprint density at radius 3 is 2.86 bits per heavy atom. The van der Waals surface area contributed by atoms with Gasteiger partial charge in [0.05, 0.1) is 11.8 Å². The van der Waals surface area contributed by atoms with Gasteiger partial charge in [-0.2, -0.15) is 5.26 Å². The van der Waals surface area contributed by atoms with Gasteiger partial charge >= 0.3 is 0 Å². The number of nitriles is 1. The molecule has 0 aromatic carbocycles. The summed E-state index contributed by atoms with van der Waals surface area (Å²) in [6, 6.07) is 2.17. The van der Waals surface area contributed by atoms with E-state index in [1.54, 1.807) is 13.3 Å². The predicted molar refractivity (Wildman–Crippen MR) is 87.3 cm³/mol. The first kappa shape index (κ1) is 18.5. The Kier molecular flexibility index (Phi) is 7.39. The molecular formula is C15H25N5OS. The Balaban J connectivity index is 2.51. The molecule has 0 bridgehead atoms. The van der Waals surface area contributed by atoms with Crippen LogP contribution < -0.4 is 5.32 Å². The standard InChI is InChI=1S/C15H25N5OS/c1-5-6-7-8-20-11-17-19-14(20)22-9-13(21)18-15(4,10-16)12(2)3/h11-12H,5-9H2,1-4H3,(H,18,21)/t15-/m1/s1. The summed E-state index contributed by atoms with van der Waals surface area (Å²) < 4.78 is 1.97. The number of carbonyl (C=O) groups is 1. The normalized spacial score (nSPS) is 13.6. The molecule has 122 valence electrons. The van der Waals surface area contributed by atoms with Crippen LogP contribution in [0, 0.1) is 17.2 Å². The maximum absolute atomic E-state index is 12.0. The van der Waals surface area contributed by atoms with E-state index in [0.717, 1.165) is 31.0 Å². The SMILES string of the molecule is CCCCCn1cnnc1SCC(=O)N[C@](C)(C#N)C(C)C. The summed E-state index contributed by atoms with van der Waals surface area (Å²) in [5.74, 6) is 0.117. The fourth-order valence-electron chi connectivity index (χ4n) is 1.80. The number of amides is 1. The first-order valence-electron chi connectivity index (χ1n) is 7.65. The van der Waals surface area contributed by atoms with Gasteiger partial charge in [0.1, 0.15) is 11.9 Å². The molecule has 22 heavy (non-hydrogen) atoms. The number of unbranched alkanes of at least 4 members (excludes halogenated alkanes) is 2. The van der Waals surface area contributed by atoms with Crippen LogP contribution in [-0.2, 0) is 11.3 Å². The van der Waals surface area contributed by atoms with Crippen molar-refractivity contribution in [1.82, 2.24) is 20.1 Å². The molecule has 1 atom stereocenters. The smallest absolute Gasteiger partial charge is 0.231 e. The van der Waals surface area contributed by atoms with Crippen LogP contribution in [-0.4, -0.2) is 32.0 Å². The molecule has 1 heterocycles. The van der Waals surface area contributed by atoms with Crippen LogP contribution in [0.25, 0.3) is 0 Å². The second kappa shape index (κ2) is 8.79. The minimum Gasteiger partial charge on any atom is -0.337 e. The number of aryl methyl sites for hydroxylation is 1. The second-order valence-electron chi connectivity index (χ2n) is 5.82. The molecule has 7 heteroatoms. The highest BCUT2D eigenvalue weighted by Crippen LogP contribution is 2.18. The molecule has 1 amide bonds. The Morgan fingerprint density at radius 2 is 2.27 bits per heavy atom. The lowest BCUT2D eigenvalue weighted by molar-refractivity contribution is -0.120. The molecule has 6 nitrogen and oxygen atoms in total. The minimum atomic E-state index is -0.841. The van der Waals surface area contributed by atoms with Gasteiger partial charge in [-0.1, -0.05) is 45.4 Å². The number of aromatic nitrogens is 3. The monoisotopic (exact) mass is 323 g/mol. The highest BCUT2D eigenvalue weighted by molar-refractivity contribution is 7.99. The van der Waals surface area contributed by atoms with Crippen LogP contribution >= 0.6 is 11.8 Å². The second-order valence-corrected chi connectivity index (χ2v) is 6.76. The molecule has 0 unspecified atom stereocenters. The Hall–Kier alpha value is -1.55. The molecule has 0 aliphatic heterocycles. The summed E-state index contributed by atoms with van der Waals surface area (Å²) in [6.07, 6.45) is 5.10. The molecule has 1 aromatic heterocycles. The average molecular weight is 323 g/mol. The van der Waals surface area contributed by atoms with Crippen LogP contribution in [0.1, 0.15) is 47.0 Å². The van der Waals surface area contributed by atoms with Crippen LogP contribution in [0.2, 0.25) is 0 Å². The third-order valence-corrected chi connectivity index (χ3v) is 4.68. The zero-order chi connectivity index (χ0) is 16.6. The van der Waals surface area contributed by atoms with Gasteiger partial charge in [0.15, 0.2) is 5.16 Å². The van der Waals surface area contributed by atoms with E-state index in [2.05, 4.69) is 28.5 Å². The van der Waals surface area contributed by atoms with Crippen molar-refractivity contribution in [3.05, 3.63) is 6.33 Å². The van der Waals surface area contributed by atoms with E-state index in [1.165, 1.54) is 11.8 Å². The third-order valence-electron chi connectivity index (χ3n) is 3.70. The van der Waals surface area contributed by atoms with Gasteiger partial charge in [-0.15, -0.1) is 10.2 Å². The molecule has 1 rings (SSSR count). The molecule has 0 spiro atoms. The van der Waals surface area contributed by atoms with Gasteiger partial charge in [-0.3, -0.25) is 4.79 Å². The molecular weight excluding hydrogens is 298 g/mol. The predicted octanol–water partition coefficient (Wildman–Crippen LogP) is 2.61. The van der Waals surface area contributed by atoms with Gasteiger partial charge in [0.2, 0.25) is 5.91 Å². The van der Waals surface area contributed by atoms with E-state index in [4.69, 9.17) is 0 Å². The number of nitrogens with one attached hydrogen (secondary N) is 1. The Bertz CT molecular complexity index is 522. The summed E-state index contributed by atoms with van der Waals surface area (Å²) in [6.45, 7) is 8.61. The maximum Gasteiger partial charge on any atom is 0.231 e. The average Bonchev–Trinajstić information content (AvgIpc) is 2.92. The fourth-order valence-corrected chi connectivity index (χ4v) is 2.54. The fraction of sp³-hybridized carbons (Fsp3) is 0.733. The maximum atomic E-state index is 12.0. The Labute approximate surface area is 136 Å². The number of hydrogen-bond acceptors (Lipinski definition) is 5. The van der Waals surface area contributed by atoms with Crippen LogP contribution in [0.3, 0.4) is 0 Å². The van der Waals surface area contributed by atoms with Crippen LogP contribution in [0.4, 0.5) is 0 Å². The van der Waals surface area contributed by atoms with Crippen molar-refractivity contribution in [1.29, 1.82) is 5.26 Å². The van der Waals surface area contributed by atoms with E-state index < -0.39 is 5.54 Å². The quantitative estimate of drug-likeness (QED) is 0.558. The molecule has 0 aliphatic rings. The molecule has 0 radical (unpaired) electrons. The summed E-state index contributed by atoms with van der Waals surface area (Å²) in [4.78, 5) is 12.0. The van der Waals surface area contributed by atoms with E-state index in [-0.39, 0.29) is 17.6 Å². The van der Waals surface area contributed by atoms with Crippen molar-refractivity contribution in [2.24, 2.45) is 5.92 Å². The number of carbonyl (C=O) groups excluding carboxylic acids is 1. The first-order valence-corrected chi connectivity index (χ1v) is 8.64. The zero-order valence-electron chi connectivity index (χ0n) is 13.8. The molecule has 0 aliphatic carbocycles. The van der Waals surface area contributed by atoms with Crippen molar-refractivity contribution < 1.29 is 4.79 Å². The highest BCUT2D eigenvalue weighted by Gasteiger charge is 2.29. The molecule has 0 fully saturated rings. The summed E-state index contributed by atoms with van der Waals surface area (Å²) in [5, 5.41) is 20.7. The Morgan fingerprint density at radius 1 is 1.55 bits per heavy atom. The van der Waals surface area contributed by atoms with Crippen molar-refractivity contribution >= 4 is 17.7 Å². The highest BCUT2D eigenvalue weighted by atomic mass is 32.2. The van der Waals surface area contributed by atoms with Gasteiger partial charge in [-0.05, 0) is 19.3 Å². The van der Waals surface area contributed by atoms with E-state index >= 15 is 0 Å². The largest absolute Gasteiger partial charge is 0.337 e. The van der Waals surface area contributed by atoms with Gasteiger partial charge in [0, 0.05) is 6.54 Å². The third kappa shape index (κ3) is 5.34. The summed E-state index contributed by atoms with van der Waals surface area (Å²) in [7, 11) is 0. The lowest BCUT2D eigenvalue weighted by Crippen LogP contribution is -2.49. The van der Waals surface area contributed by atoms with Crippen LogP contribution in [0.5, 0.6) is 0 Å². The molecule has 0 saturated carbocycles. The van der Waals surface area contributed by atoms with Gasteiger partial charge < -0.3 is 9.88 Å². The first-order chi connectivity index (χ1) is 10.4. The van der Waals surface area contributed by atoms with Crippen molar-refractivity contribution in [2.75, 3.05) is 5.75 Å². The number of nitrogens with zero attached hydrogens (tertiary/aromatic N) is 4. The van der Waals surface area contributed by atoms with Crippen molar-refractivity contribution in [3.8, 4) is 6.07 Å².